The highest BCUT2D eigenvalue weighted by molar-refractivity contribution is 8.77. The number of nitrogens with one attached hydrogen (secondary N) is 7. The molecule has 80 heavy (non-hydrogen) atoms. The second-order valence-electron chi connectivity index (χ2n) is 20.1. The fourth-order valence-corrected chi connectivity index (χ4v) is 13.1. The number of amides is 11. The van der Waals surface area contributed by atoms with Crippen LogP contribution < -0.4 is 65.9 Å². The fourth-order valence-electron chi connectivity index (χ4n) is 9.68. The number of primary amides is 2. The number of nitrogens with two attached hydrogens (primary N) is 5. The molecule has 0 aromatic heterocycles. The molecule has 2 aliphatic heterocycles. The van der Waals surface area contributed by atoms with E-state index in [2.05, 4.69) is 42.2 Å². The Morgan fingerprint density at radius 1 is 0.750 bits per heavy atom. The lowest BCUT2D eigenvalue weighted by Crippen LogP contribution is -2.59. The molecule has 2 saturated heterocycles. The van der Waals surface area contributed by atoms with Crippen molar-refractivity contribution in [1.82, 2.24) is 42.1 Å². The Kier molecular flexibility index (Phi) is 24.8. The van der Waals surface area contributed by atoms with Crippen LogP contribution >= 0.6 is 21.6 Å². The zero-order chi connectivity index (χ0) is 58.4. The number of rotatable bonds is 18. The van der Waals surface area contributed by atoms with Crippen molar-refractivity contribution in [1.29, 1.82) is 0 Å². The predicted octanol–water partition coefficient (Wildman–Crippen LogP) is -2.25. The largest absolute Gasteiger partial charge is 0.508 e. The second-order valence-corrected chi connectivity index (χ2v) is 22.9. The molecule has 0 unspecified atom stereocenters. The summed E-state index contributed by atoms with van der Waals surface area (Å²) >= 11 is 0. The molecule has 436 valence electrons. The summed E-state index contributed by atoms with van der Waals surface area (Å²) in [6, 6.07) is 5.58. The number of hydrogen-bond acceptors (Lipinski definition) is 16. The van der Waals surface area contributed by atoms with Crippen molar-refractivity contribution >= 4 is 92.5 Å². The molecule has 3 fully saturated rings. The Labute approximate surface area is 470 Å². The summed E-state index contributed by atoms with van der Waals surface area (Å²) in [6.45, 7) is -0.210. The van der Waals surface area contributed by atoms with E-state index >= 15 is 0 Å². The van der Waals surface area contributed by atoms with Gasteiger partial charge in [-0.25, -0.2) is 0 Å². The van der Waals surface area contributed by atoms with Gasteiger partial charge in [0.05, 0.1) is 13.0 Å². The lowest BCUT2D eigenvalue weighted by molar-refractivity contribution is -0.143. The standard InChI is InChI=1S/C52H74N14O12S2/c53-28-44(72)61-35(11-7-21-58-51(56)57)50(78)66-22-8-12-39(66)49(77)65-48(76)38-29-79-80-52(19-5-2-6-20-52)27-43(71)62-36(24-31-13-15-33(67)16-14-31)46(74)59-32(23-30-9-3-1-4-10-30)25-42(70)60-34(17-18-40(54)68)45(73)63-37(26-41(55)69)47(75)64-38/h1,3-4,9-10,13-16,32,34-39,67H,2,5-8,11-12,17-29,53H2,(H2,54,68)(H2,55,69)(H,59,74)(H,60,70)(H,61,72)(H,62,71)(H,63,73)(H,64,75)(H4,56,57,58)(H,65,76,77)/t32-,34-,35-,36-,37-,38-,39-/m0/s1. The van der Waals surface area contributed by atoms with Gasteiger partial charge in [0.25, 0.3) is 0 Å². The van der Waals surface area contributed by atoms with Gasteiger partial charge < -0.3 is 70.6 Å². The first kappa shape index (κ1) is 63.4. The maximum absolute atomic E-state index is 14.5. The van der Waals surface area contributed by atoms with Gasteiger partial charge in [-0.1, -0.05) is 83.3 Å². The summed E-state index contributed by atoms with van der Waals surface area (Å²) in [5.41, 5.74) is 28.8. The molecule has 2 heterocycles. The molecule has 28 heteroatoms. The van der Waals surface area contributed by atoms with Gasteiger partial charge >= 0.3 is 0 Å². The summed E-state index contributed by atoms with van der Waals surface area (Å²) in [5, 5.41) is 28.3. The van der Waals surface area contributed by atoms with Gasteiger partial charge in [0.1, 0.15) is 42.0 Å². The molecule has 26 nitrogen and oxygen atoms in total. The molecule has 11 amide bonds. The Morgan fingerprint density at radius 3 is 2.08 bits per heavy atom. The topological polar surface area (TPSA) is 438 Å². The third-order valence-corrected chi connectivity index (χ3v) is 17.0. The first-order chi connectivity index (χ1) is 38.1. The molecular weight excluding hydrogens is 1080 g/mol. The van der Waals surface area contributed by atoms with Gasteiger partial charge in [-0.2, -0.15) is 0 Å². The van der Waals surface area contributed by atoms with Gasteiger partial charge in [0.2, 0.25) is 65.0 Å². The maximum atomic E-state index is 14.5. The minimum Gasteiger partial charge on any atom is -0.508 e. The monoisotopic (exact) mass is 1150 g/mol. The average Bonchev–Trinajstić information content (AvgIpc) is 3.94. The van der Waals surface area contributed by atoms with Crippen molar-refractivity contribution in [3.63, 3.8) is 0 Å². The van der Waals surface area contributed by atoms with Crippen molar-refractivity contribution in [2.24, 2.45) is 33.7 Å². The minimum atomic E-state index is -1.79. The third kappa shape index (κ3) is 20.6. The van der Waals surface area contributed by atoms with E-state index in [0.29, 0.717) is 24.8 Å². The molecule has 1 aliphatic carbocycles. The lowest BCUT2D eigenvalue weighted by atomic mass is 9.85. The van der Waals surface area contributed by atoms with Crippen LogP contribution in [0.5, 0.6) is 5.75 Å². The molecule has 18 N–H and O–H groups in total. The molecule has 1 spiro atoms. The van der Waals surface area contributed by atoms with E-state index in [1.54, 1.807) is 42.5 Å². The molecule has 7 atom stereocenters. The van der Waals surface area contributed by atoms with Gasteiger partial charge in [-0.15, -0.1) is 0 Å². The summed E-state index contributed by atoms with van der Waals surface area (Å²) in [7, 11) is 2.39. The number of hydrogen-bond donors (Lipinski definition) is 13. The minimum absolute atomic E-state index is 0.0183. The van der Waals surface area contributed by atoms with Crippen molar-refractivity contribution in [2.45, 2.75) is 150 Å². The molecule has 1 saturated carbocycles. The highest BCUT2D eigenvalue weighted by Gasteiger charge is 2.41. The lowest BCUT2D eigenvalue weighted by Gasteiger charge is -2.36. The number of benzene rings is 2. The summed E-state index contributed by atoms with van der Waals surface area (Å²) in [4.78, 5) is 156. The van der Waals surface area contributed by atoms with Gasteiger partial charge in [-0.05, 0) is 74.6 Å². The van der Waals surface area contributed by atoms with E-state index in [1.165, 1.54) is 27.8 Å². The Morgan fingerprint density at radius 2 is 1.41 bits per heavy atom. The van der Waals surface area contributed by atoms with E-state index in [9.17, 15) is 57.8 Å². The van der Waals surface area contributed by atoms with E-state index in [4.69, 9.17) is 28.7 Å². The van der Waals surface area contributed by atoms with E-state index in [0.717, 1.165) is 35.6 Å². The number of guanidine groups is 1. The summed E-state index contributed by atoms with van der Waals surface area (Å²) in [6.07, 6.45) is 2.17. The second kappa shape index (κ2) is 31.4. The molecule has 3 aliphatic rings. The number of likely N-dealkylation sites (tertiary alicyclic amines) is 1. The van der Waals surface area contributed by atoms with Crippen molar-refractivity contribution in [3.05, 3.63) is 65.7 Å². The number of phenols is 1. The molecule has 2 aromatic rings. The Hall–Kier alpha value is -7.46. The zero-order valence-corrected chi connectivity index (χ0v) is 46.0. The van der Waals surface area contributed by atoms with Crippen LogP contribution in [-0.2, 0) is 65.6 Å². The predicted molar refractivity (Wildman–Crippen MR) is 298 cm³/mol. The van der Waals surface area contributed by atoms with Crippen LogP contribution in [0.25, 0.3) is 0 Å². The maximum Gasteiger partial charge on any atom is 0.250 e. The number of aliphatic imine (C=N–C) groups is 1. The van der Waals surface area contributed by atoms with Crippen molar-refractivity contribution in [3.8, 4) is 5.75 Å². The molecular formula is C52H74N14O12S2. The van der Waals surface area contributed by atoms with Crippen LogP contribution in [0.2, 0.25) is 0 Å². The van der Waals surface area contributed by atoms with Gasteiger partial charge in [0.15, 0.2) is 5.96 Å². The fraction of sp³-hybridized carbons (Fsp3) is 0.538. The first-order valence-electron chi connectivity index (χ1n) is 26.5. The highest BCUT2D eigenvalue weighted by atomic mass is 33.1. The van der Waals surface area contributed by atoms with Crippen LogP contribution in [-0.4, -0.2) is 153 Å². The van der Waals surface area contributed by atoms with Crippen LogP contribution in [0.15, 0.2) is 59.6 Å². The van der Waals surface area contributed by atoms with Crippen LogP contribution in [0.3, 0.4) is 0 Å². The Bertz CT molecular complexity index is 2570. The first-order valence-corrected chi connectivity index (χ1v) is 28.8. The van der Waals surface area contributed by atoms with Crippen molar-refractivity contribution in [2.75, 3.05) is 25.4 Å². The van der Waals surface area contributed by atoms with Crippen LogP contribution in [0.1, 0.15) is 101 Å². The molecule has 2 aromatic carbocycles. The average molecular weight is 1150 g/mol. The smallest absolute Gasteiger partial charge is 0.250 e. The van der Waals surface area contributed by atoms with Crippen LogP contribution in [0, 0.1) is 0 Å². The summed E-state index contributed by atoms with van der Waals surface area (Å²) < 4.78 is -0.771. The molecule has 0 radical (unpaired) electrons. The van der Waals surface area contributed by atoms with Gasteiger partial charge in [0, 0.05) is 55.3 Å². The number of nitrogens with zero attached hydrogens (tertiary/aromatic N) is 2. The Balaban J connectivity index is 1.49. The number of carbonyl (C=O) groups is 11. The number of imide groups is 1. The van der Waals surface area contributed by atoms with Crippen molar-refractivity contribution < 1.29 is 57.8 Å². The third-order valence-electron chi connectivity index (χ3n) is 13.7. The quantitative estimate of drug-likeness (QED) is 0.0247. The highest BCUT2D eigenvalue weighted by Crippen LogP contribution is 2.48. The van der Waals surface area contributed by atoms with Gasteiger partial charge in [-0.3, -0.25) is 63.0 Å². The zero-order valence-electron chi connectivity index (χ0n) is 44.4. The number of aromatic hydroxyl groups is 1. The normalized spacial score (nSPS) is 22.8. The van der Waals surface area contributed by atoms with E-state index in [1.807, 2.05) is 0 Å². The summed E-state index contributed by atoms with van der Waals surface area (Å²) in [5.74, 6) is -9.63. The SMILES string of the molecule is NCC(=O)N[C@@H](CCCN=C(N)N)C(=O)N1CCC[C@H]1C(=O)NC(=O)[C@@H]1CSSC2(CCCCC2)CC(=O)N[C@@H](Cc2ccc(O)cc2)C(=O)N[C@@H](Cc2ccccc2)CC(=O)N[C@@H](CCC(N)=O)C(=O)N[C@@H](CC(N)=O)C(=O)N1. The van der Waals surface area contributed by atoms with Crippen LogP contribution in [0.4, 0.5) is 0 Å². The van der Waals surface area contributed by atoms with E-state index in [-0.39, 0.29) is 75.5 Å². The van der Waals surface area contributed by atoms with E-state index < -0.39 is 138 Å². The number of carbonyl (C=O) groups excluding carboxylic acids is 11. The molecule has 0 bridgehead atoms. The number of phenolic OH excluding ortho intramolecular Hbond substituents is 1. The molecule has 5 rings (SSSR count).